The van der Waals surface area contributed by atoms with Crippen LogP contribution in [0.2, 0.25) is 0 Å². The van der Waals surface area contributed by atoms with Gasteiger partial charge in [-0.05, 0) is 177 Å². The van der Waals surface area contributed by atoms with Gasteiger partial charge in [0.25, 0.3) is 0 Å². The van der Waals surface area contributed by atoms with E-state index in [0.717, 1.165) is 48.4 Å². The van der Waals surface area contributed by atoms with Gasteiger partial charge >= 0.3 is 0 Å². The quantitative estimate of drug-likeness (QED) is 0.121. The molecular weight excluding hydrogens is 797 g/mol. The maximum Gasteiger partial charge on any atom is 0.0465 e. The molecule has 322 valence electrons. The maximum atomic E-state index is 2.62. The molecule has 2 nitrogen and oxygen atoms in total. The highest BCUT2D eigenvalue weighted by Crippen LogP contribution is 2.61. The van der Waals surface area contributed by atoms with Crippen LogP contribution in [0.5, 0.6) is 0 Å². The zero-order chi connectivity index (χ0) is 44.8. The molecule has 0 saturated heterocycles. The van der Waals surface area contributed by atoms with Gasteiger partial charge in [-0.1, -0.05) is 161 Å². The van der Waals surface area contributed by atoms with Gasteiger partial charge in [-0.2, -0.15) is 0 Å². The van der Waals surface area contributed by atoms with Crippen LogP contribution in [0.4, 0.5) is 34.1 Å². The Morgan fingerprint density at radius 1 is 0.258 bits per heavy atom. The van der Waals surface area contributed by atoms with Crippen molar-refractivity contribution in [2.24, 2.45) is 0 Å². The highest BCUT2D eigenvalue weighted by atomic mass is 15.1. The summed E-state index contributed by atoms with van der Waals surface area (Å²) in [5.74, 6) is 0. The van der Waals surface area contributed by atoms with Crippen LogP contribution in [0, 0.1) is 0 Å². The number of nitrogens with zero attached hydrogens (tertiary/aromatic N) is 2. The Balaban J connectivity index is 1.01. The Kier molecular flexibility index (Phi) is 10.5. The standard InChI is InChI=1S/C64H56N2/c1-5-63(6-2)59-41-53(65(49-25-17-11-18-26-49)51-33-29-47(30-34-51)45-21-13-9-14-22-45)37-39-55(59)57-44-62-58(43-61(57)63)56-40-38-54(42-60(56)64(62,7-3)8-4)66(50-27-19-12-20-28-50)52-35-31-48(32-36-52)46-23-15-10-16-24-46/h9-44H,5-8H2,1-4H3. The number of rotatable bonds is 12. The second kappa shape index (κ2) is 16.9. The number of anilines is 6. The van der Waals surface area contributed by atoms with Crippen molar-refractivity contribution in [2.75, 3.05) is 9.80 Å². The van der Waals surface area contributed by atoms with E-state index >= 15 is 0 Å². The summed E-state index contributed by atoms with van der Waals surface area (Å²) < 4.78 is 0. The van der Waals surface area contributed by atoms with Gasteiger partial charge in [-0.3, -0.25) is 0 Å². The Labute approximate surface area is 391 Å². The number of benzene rings is 9. The van der Waals surface area contributed by atoms with Crippen LogP contribution in [-0.2, 0) is 10.8 Å². The summed E-state index contributed by atoms with van der Waals surface area (Å²) in [6, 6.07) is 80.9. The van der Waals surface area contributed by atoms with Gasteiger partial charge in [-0.15, -0.1) is 0 Å². The summed E-state index contributed by atoms with van der Waals surface area (Å²) in [6.07, 6.45) is 4.10. The molecule has 0 heterocycles. The second-order valence-corrected chi connectivity index (χ2v) is 18.1. The van der Waals surface area contributed by atoms with Gasteiger partial charge in [0.1, 0.15) is 0 Å². The lowest BCUT2D eigenvalue weighted by Crippen LogP contribution is -2.25. The van der Waals surface area contributed by atoms with Crippen LogP contribution < -0.4 is 9.80 Å². The van der Waals surface area contributed by atoms with Gasteiger partial charge in [0.05, 0.1) is 0 Å². The molecule has 0 bridgehead atoms. The van der Waals surface area contributed by atoms with Crippen molar-refractivity contribution >= 4 is 34.1 Å². The van der Waals surface area contributed by atoms with Crippen LogP contribution in [-0.4, -0.2) is 0 Å². The third-order valence-electron chi connectivity index (χ3n) is 15.2. The lowest BCUT2D eigenvalue weighted by Gasteiger charge is -2.33. The first-order valence-corrected chi connectivity index (χ1v) is 24.0. The molecule has 0 aromatic heterocycles. The van der Waals surface area contributed by atoms with E-state index in [9.17, 15) is 0 Å². The molecule has 0 N–H and O–H groups in total. The van der Waals surface area contributed by atoms with Crippen molar-refractivity contribution in [3.05, 3.63) is 241 Å². The van der Waals surface area contributed by atoms with E-state index in [4.69, 9.17) is 0 Å². The molecule has 0 aliphatic heterocycles. The van der Waals surface area contributed by atoms with E-state index < -0.39 is 0 Å². The molecule has 0 fully saturated rings. The zero-order valence-corrected chi connectivity index (χ0v) is 38.5. The average Bonchev–Trinajstić information content (AvgIpc) is 3.82. The smallest absolute Gasteiger partial charge is 0.0465 e. The molecule has 2 aliphatic carbocycles. The predicted molar refractivity (Wildman–Crippen MR) is 280 cm³/mol. The molecule has 0 amide bonds. The lowest BCUT2D eigenvalue weighted by atomic mass is 9.71. The lowest BCUT2D eigenvalue weighted by molar-refractivity contribution is 0.485. The SMILES string of the molecule is CCC1(CC)c2cc(N(c3ccccc3)c3ccc(-c4ccccc4)cc3)ccc2-c2cc3c(cc21)-c1ccc(N(c2ccccc2)c2ccc(-c4ccccc4)cc2)cc1C3(CC)CC. The monoisotopic (exact) mass is 852 g/mol. The normalized spacial score (nSPS) is 13.6. The number of hydrogen-bond acceptors (Lipinski definition) is 2. The van der Waals surface area contributed by atoms with E-state index in [2.05, 4.69) is 256 Å². The van der Waals surface area contributed by atoms with E-state index in [1.807, 2.05) is 0 Å². The van der Waals surface area contributed by atoms with E-state index in [-0.39, 0.29) is 10.8 Å². The zero-order valence-electron chi connectivity index (χ0n) is 38.5. The Morgan fingerprint density at radius 2 is 0.530 bits per heavy atom. The molecule has 11 rings (SSSR count). The fraction of sp³-hybridized carbons (Fsp3) is 0.156. The summed E-state index contributed by atoms with van der Waals surface area (Å²) in [4.78, 5) is 4.86. The van der Waals surface area contributed by atoms with Crippen molar-refractivity contribution in [2.45, 2.75) is 64.2 Å². The maximum absolute atomic E-state index is 2.62. The van der Waals surface area contributed by atoms with Gasteiger partial charge in [-0.25, -0.2) is 0 Å². The predicted octanol–water partition coefficient (Wildman–Crippen LogP) is 18.1. The first-order chi connectivity index (χ1) is 32.5. The van der Waals surface area contributed by atoms with Crippen LogP contribution >= 0.6 is 0 Å². The largest absolute Gasteiger partial charge is 0.310 e. The minimum absolute atomic E-state index is 0.116. The third kappa shape index (κ3) is 6.61. The fourth-order valence-electron chi connectivity index (χ4n) is 11.7. The van der Waals surface area contributed by atoms with E-state index in [1.54, 1.807) is 0 Å². The molecule has 66 heavy (non-hydrogen) atoms. The second-order valence-electron chi connectivity index (χ2n) is 18.1. The summed E-state index contributed by atoms with van der Waals surface area (Å²) in [5.41, 5.74) is 23.0. The summed E-state index contributed by atoms with van der Waals surface area (Å²) >= 11 is 0. The van der Waals surface area contributed by atoms with E-state index in [0.29, 0.717) is 0 Å². The molecule has 0 radical (unpaired) electrons. The highest BCUT2D eigenvalue weighted by molar-refractivity contribution is 5.93. The van der Waals surface area contributed by atoms with Crippen molar-refractivity contribution in [3.63, 3.8) is 0 Å². The summed E-state index contributed by atoms with van der Waals surface area (Å²) in [5, 5.41) is 0. The molecular formula is C64H56N2. The summed E-state index contributed by atoms with van der Waals surface area (Å²) in [7, 11) is 0. The Hall–Kier alpha value is -7.42. The molecule has 2 heteroatoms. The van der Waals surface area contributed by atoms with Crippen molar-refractivity contribution in [3.8, 4) is 44.5 Å². The molecule has 0 atom stereocenters. The van der Waals surface area contributed by atoms with Crippen molar-refractivity contribution in [1.29, 1.82) is 0 Å². The Morgan fingerprint density at radius 3 is 0.864 bits per heavy atom. The van der Waals surface area contributed by atoms with Gasteiger partial charge in [0, 0.05) is 45.0 Å². The van der Waals surface area contributed by atoms with E-state index in [1.165, 1.54) is 78.1 Å². The van der Waals surface area contributed by atoms with Gasteiger partial charge < -0.3 is 9.80 Å². The Bertz CT molecular complexity index is 2930. The first-order valence-electron chi connectivity index (χ1n) is 24.0. The van der Waals surface area contributed by atoms with Crippen LogP contribution in [0.15, 0.2) is 218 Å². The third-order valence-corrected chi connectivity index (χ3v) is 15.2. The average molecular weight is 853 g/mol. The van der Waals surface area contributed by atoms with Crippen molar-refractivity contribution < 1.29 is 0 Å². The molecule has 9 aromatic carbocycles. The number of hydrogen-bond donors (Lipinski definition) is 0. The van der Waals surface area contributed by atoms with Crippen LogP contribution in [0.25, 0.3) is 44.5 Å². The van der Waals surface area contributed by atoms with Crippen LogP contribution in [0.3, 0.4) is 0 Å². The highest BCUT2D eigenvalue weighted by Gasteiger charge is 2.46. The molecule has 9 aromatic rings. The minimum Gasteiger partial charge on any atom is -0.310 e. The first kappa shape index (κ1) is 41.3. The molecule has 0 unspecified atom stereocenters. The molecule has 0 saturated carbocycles. The topological polar surface area (TPSA) is 6.48 Å². The number of fused-ring (bicyclic) bond motifs is 6. The molecule has 0 spiro atoms. The minimum atomic E-state index is -0.116. The fourth-order valence-corrected chi connectivity index (χ4v) is 11.7. The van der Waals surface area contributed by atoms with Crippen LogP contribution in [0.1, 0.15) is 75.6 Å². The van der Waals surface area contributed by atoms with Gasteiger partial charge in [0.15, 0.2) is 0 Å². The molecule has 2 aliphatic rings. The summed E-state index contributed by atoms with van der Waals surface area (Å²) in [6.45, 7) is 9.58. The van der Waals surface area contributed by atoms with Crippen molar-refractivity contribution in [1.82, 2.24) is 0 Å². The van der Waals surface area contributed by atoms with Gasteiger partial charge in [0.2, 0.25) is 0 Å². The number of para-hydroxylation sites is 2.